The first kappa shape index (κ1) is 16.2. The molecule has 24 heavy (non-hydrogen) atoms. The molecule has 1 aromatic carbocycles. The van der Waals surface area contributed by atoms with E-state index in [1.165, 1.54) is 0 Å². The molecule has 0 bridgehead atoms. The van der Waals surface area contributed by atoms with Gasteiger partial charge in [0.2, 0.25) is 5.91 Å². The molecular weight excluding hydrogens is 306 g/mol. The van der Waals surface area contributed by atoms with Crippen molar-refractivity contribution >= 4 is 17.5 Å². The third-order valence-electron chi connectivity index (χ3n) is 4.11. The molecule has 7 nitrogen and oxygen atoms in total. The molecule has 126 valence electrons. The van der Waals surface area contributed by atoms with Crippen LogP contribution < -0.4 is 10.6 Å². The third kappa shape index (κ3) is 3.45. The van der Waals surface area contributed by atoms with Crippen LogP contribution in [-0.2, 0) is 17.6 Å². The van der Waals surface area contributed by atoms with E-state index in [0.29, 0.717) is 17.8 Å². The average molecular weight is 327 g/mol. The van der Waals surface area contributed by atoms with Crippen molar-refractivity contribution < 1.29 is 9.59 Å². The molecule has 1 aromatic heterocycles. The SMILES string of the molecule is CCc1nc(C(C)NC(=O)c2ccc3c(c2)CCCC(=O)N3)n[nH]1. The zero-order valence-electron chi connectivity index (χ0n) is 13.8. The molecule has 0 saturated heterocycles. The van der Waals surface area contributed by atoms with Gasteiger partial charge in [-0.1, -0.05) is 6.92 Å². The molecule has 1 aliphatic rings. The summed E-state index contributed by atoms with van der Waals surface area (Å²) in [5, 5.41) is 12.8. The van der Waals surface area contributed by atoms with Crippen LogP contribution in [0.4, 0.5) is 5.69 Å². The number of hydrogen-bond donors (Lipinski definition) is 3. The van der Waals surface area contributed by atoms with Gasteiger partial charge in [0.15, 0.2) is 5.82 Å². The molecule has 3 rings (SSSR count). The highest BCUT2D eigenvalue weighted by molar-refractivity contribution is 5.97. The van der Waals surface area contributed by atoms with E-state index in [9.17, 15) is 9.59 Å². The minimum Gasteiger partial charge on any atom is -0.342 e. The van der Waals surface area contributed by atoms with Gasteiger partial charge in [-0.15, -0.1) is 0 Å². The lowest BCUT2D eigenvalue weighted by atomic mass is 10.0. The predicted molar refractivity (Wildman–Crippen MR) is 89.7 cm³/mol. The summed E-state index contributed by atoms with van der Waals surface area (Å²) in [5.41, 5.74) is 2.36. The Hall–Kier alpha value is -2.70. The molecule has 3 N–H and O–H groups in total. The monoisotopic (exact) mass is 327 g/mol. The summed E-state index contributed by atoms with van der Waals surface area (Å²) in [5.74, 6) is 1.22. The molecule has 2 aromatic rings. The smallest absolute Gasteiger partial charge is 0.251 e. The van der Waals surface area contributed by atoms with E-state index < -0.39 is 0 Å². The topological polar surface area (TPSA) is 99.8 Å². The fourth-order valence-electron chi connectivity index (χ4n) is 2.72. The maximum absolute atomic E-state index is 12.5. The number of nitrogens with one attached hydrogen (secondary N) is 3. The van der Waals surface area contributed by atoms with Crippen molar-refractivity contribution in [2.24, 2.45) is 0 Å². The maximum atomic E-state index is 12.5. The molecule has 2 amide bonds. The summed E-state index contributed by atoms with van der Waals surface area (Å²) in [6, 6.07) is 5.08. The fraction of sp³-hybridized carbons (Fsp3) is 0.412. The van der Waals surface area contributed by atoms with Gasteiger partial charge in [0.25, 0.3) is 5.91 Å². The first-order chi connectivity index (χ1) is 11.6. The van der Waals surface area contributed by atoms with Gasteiger partial charge in [-0.2, -0.15) is 5.10 Å². The van der Waals surface area contributed by atoms with Gasteiger partial charge in [0, 0.05) is 24.1 Å². The number of aromatic amines is 1. The molecular formula is C17H21N5O2. The van der Waals surface area contributed by atoms with E-state index in [4.69, 9.17) is 0 Å². The van der Waals surface area contributed by atoms with Crippen LogP contribution in [0.3, 0.4) is 0 Å². The fourth-order valence-corrected chi connectivity index (χ4v) is 2.72. The highest BCUT2D eigenvalue weighted by atomic mass is 16.2. The minimum atomic E-state index is -0.285. The van der Waals surface area contributed by atoms with Crippen molar-refractivity contribution in [3.63, 3.8) is 0 Å². The molecule has 7 heteroatoms. The Morgan fingerprint density at radius 2 is 2.21 bits per heavy atom. The minimum absolute atomic E-state index is 0.0240. The van der Waals surface area contributed by atoms with Gasteiger partial charge in [-0.05, 0) is 43.5 Å². The lowest BCUT2D eigenvalue weighted by Crippen LogP contribution is -2.27. The van der Waals surface area contributed by atoms with Crippen LogP contribution in [0.1, 0.15) is 60.3 Å². The Balaban J connectivity index is 1.73. The Morgan fingerprint density at radius 3 is 2.96 bits per heavy atom. The van der Waals surface area contributed by atoms with Crippen molar-refractivity contribution in [1.82, 2.24) is 20.5 Å². The normalized spacial score (nSPS) is 15.2. The molecule has 0 aliphatic carbocycles. The highest BCUT2D eigenvalue weighted by Crippen LogP contribution is 2.23. The number of carbonyl (C=O) groups is 2. The Kier molecular flexibility index (Phi) is 4.59. The highest BCUT2D eigenvalue weighted by Gasteiger charge is 2.18. The van der Waals surface area contributed by atoms with Crippen LogP contribution in [0, 0.1) is 0 Å². The van der Waals surface area contributed by atoms with Gasteiger partial charge < -0.3 is 10.6 Å². The van der Waals surface area contributed by atoms with Crippen LogP contribution in [0.5, 0.6) is 0 Å². The van der Waals surface area contributed by atoms with E-state index in [0.717, 1.165) is 36.3 Å². The number of carbonyl (C=O) groups excluding carboxylic acids is 2. The second-order valence-electron chi connectivity index (χ2n) is 5.96. The summed E-state index contributed by atoms with van der Waals surface area (Å²) in [7, 11) is 0. The number of aromatic nitrogens is 3. The molecule has 0 saturated carbocycles. The van der Waals surface area contributed by atoms with E-state index >= 15 is 0 Å². The number of rotatable bonds is 4. The number of benzene rings is 1. The van der Waals surface area contributed by atoms with Crippen LogP contribution in [0.25, 0.3) is 0 Å². The second kappa shape index (κ2) is 6.82. The van der Waals surface area contributed by atoms with Crippen molar-refractivity contribution in [2.45, 2.75) is 45.6 Å². The third-order valence-corrected chi connectivity index (χ3v) is 4.11. The van der Waals surface area contributed by atoms with E-state index in [2.05, 4.69) is 25.8 Å². The summed E-state index contributed by atoms with van der Waals surface area (Å²) < 4.78 is 0. The predicted octanol–water partition coefficient (Wildman–Crippen LogP) is 2.13. The van der Waals surface area contributed by atoms with Crippen LogP contribution in [0.15, 0.2) is 18.2 Å². The first-order valence-electron chi connectivity index (χ1n) is 8.21. The van der Waals surface area contributed by atoms with Crippen molar-refractivity contribution in [1.29, 1.82) is 0 Å². The standard InChI is InChI=1S/C17H21N5O2/c1-3-14-20-16(22-21-14)10(2)18-17(24)12-7-8-13-11(9-12)5-4-6-15(23)19-13/h7-10H,3-6H2,1-2H3,(H,18,24)(H,19,23)(H,20,21,22). The molecule has 0 radical (unpaired) electrons. The molecule has 0 fully saturated rings. The number of nitrogens with zero attached hydrogens (tertiary/aromatic N) is 2. The first-order valence-corrected chi connectivity index (χ1v) is 8.21. The van der Waals surface area contributed by atoms with Gasteiger partial charge in [-0.25, -0.2) is 4.98 Å². The molecule has 1 unspecified atom stereocenters. The van der Waals surface area contributed by atoms with Crippen LogP contribution >= 0.6 is 0 Å². The lowest BCUT2D eigenvalue weighted by Gasteiger charge is -2.12. The number of aryl methyl sites for hydroxylation is 2. The number of fused-ring (bicyclic) bond motifs is 1. The molecule has 1 atom stereocenters. The summed E-state index contributed by atoms with van der Waals surface area (Å²) >= 11 is 0. The average Bonchev–Trinajstić information content (AvgIpc) is 2.97. The van der Waals surface area contributed by atoms with Gasteiger partial charge in [-0.3, -0.25) is 14.7 Å². The van der Waals surface area contributed by atoms with Crippen molar-refractivity contribution in [2.75, 3.05) is 5.32 Å². The number of hydrogen-bond acceptors (Lipinski definition) is 4. The summed E-state index contributed by atoms with van der Waals surface area (Å²) in [6.45, 7) is 3.84. The summed E-state index contributed by atoms with van der Waals surface area (Å²) in [4.78, 5) is 28.4. The molecule has 0 spiro atoms. The van der Waals surface area contributed by atoms with Crippen LogP contribution in [0.2, 0.25) is 0 Å². The molecule has 1 aliphatic heterocycles. The van der Waals surface area contributed by atoms with Gasteiger partial charge in [0.05, 0.1) is 6.04 Å². The quantitative estimate of drug-likeness (QED) is 0.801. The van der Waals surface area contributed by atoms with Gasteiger partial charge >= 0.3 is 0 Å². The van der Waals surface area contributed by atoms with E-state index in [1.807, 2.05) is 19.9 Å². The summed E-state index contributed by atoms with van der Waals surface area (Å²) in [6.07, 6.45) is 2.85. The Morgan fingerprint density at radius 1 is 1.38 bits per heavy atom. The zero-order chi connectivity index (χ0) is 17.1. The second-order valence-corrected chi connectivity index (χ2v) is 5.96. The zero-order valence-corrected chi connectivity index (χ0v) is 13.8. The van der Waals surface area contributed by atoms with Crippen molar-refractivity contribution in [3.05, 3.63) is 41.0 Å². The van der Waals surface area contributed by atoms with E-state index in [-0.39, 0.29) is 17.9 Å². The van der Waals surface area contributed by atoms with Crippen LogP contribution in [-0.4, -0.2) is 27.0 Å². The molecule has 2 heterocycles. The van der Waals surface area contributed by atoms with E-state index in [1.54, 1.807) is 12.1 Å². The lowest BCUT2D eigenvalue weighted by molar-refractivity contribution is -0.116. The van der Waals surface area contributed by atoms with Gasteiger partial charge in [0.1, 0.15) is 5.82 Å². The number of H-pyrrole nitrogens is 1. The van der Waals surface area contributed by atoms with Crippen molar-refractivity contribution in [3.8, 4) is 0 Å². The largest absolute Gasteiger partial charge is 0.342 e. The number of anilines is 1. The maximum Gasteiger partial charge on any atom is 0.251 e. The Labute approximate surface area is 140 Å². The Bertz CT molecular complexity index is 768. The number of amides is 2.